The van der Waals surface area contributed by atoms with Crippen LogP contribution in [0.5, 0.6) is 5.75 Å². The average molecular weight is 603 g/mol. The number of ether oxygens (including phenoxy) is 1. The Labute approximate surface area is 258 Å². The van der Waals surface area contributed by atoms with Gasteiger partial charge in [0.1, 0.15) is 11.9 Å². The van der Waals surface area contributed by atoms with E-state index in [1.54, 1.807) is 24.4 Å². The number of fused-ring (bicyclic) bond motifs is 1. The molecule has 1 aliphatic heterocycles. The van der Waals surface area contributed by atoms with Gasteiger partial charge in [-0.3, -0.25) is 19.2 Å². The summed E-state index contributed by atoms with van der Waals surface area (Å²) in [4.78, 5) is 52.1. The van der Waals surface area contributed by atoms with Crippen LogP contribution in [-0.2, 0) is 30.5 Å². The van der Waals surface area contributed by atoms with Crippen molar-refractivity contribution in [2.24, 2.45) is 5.10 Å². The molecule has 2 atom stereocenters. The molecule has 0 radical (unpaired) electrons. The number of aromatic hydroxyl groups is 1. The first kappa shape index (κ1) is 32.4. The number of para-hydroxylation sites is 2. The zero-order chi connectivity index (χ0) is 31.1. The summed E-state index contributed by atoms with van der Waals surface area (Å²) in [5, 5.41) is 16.5. The maximum absolute atomic E-state index is 13.4. The standard InChI is InChI=1S/C34H42N4O6/c39-29-16-7-5-14-27(29)36-31(40)18-9-10-19-32(41)37-35-23-25-12-11-13-26(22-25)24-38-28-15-6-8-17-30(28)44-34(43)21-4-2-1-3-20-33(38)42/h1-2,5,7,11-14,16,22-23,28,30,39H,3-4,6,8-10,15,17-21,24H2,(H,36,40)(H,37,41)/b2-1+,35-23+/t28-,30-/m1/s1. The zero-order valence-electron chi connectivity index (χ0n) is 25.1. The number of phenols is 1. The van der Waals surface area contributed by atoms with Gasteiger partial charge < -0.3 is 20.1 Å². The van der Waals surface area contributed by atoms with E-state index < -0.39 is 0 Å². The molecule has 3 amide bonds. The van der Waals surface area contributed by atoms with Gasteiger partial charge in [0, 0.05) is 32.2 Å². The van der Waals surface area contributed by atoms with Crippen molar-refractivity contribution in [2.45, 2.75) is 95.7 Å². The molecule has 2 aromatic carbocycles. The van der Waals surface area contributed by atoms with Crippen LogP contribution in [0, 0.1) is 0 Å². The van der Waals surface area contributed by atoms with Gasteiger partial charge in [-0.25, -0.2) is 5.43 Å². The van der Waals surface area contributed by atoms with E-state index in [1.807, 2.05) is 41.3 Å². The Morgan fingerprint density at radius 3 is 2.52 bits per heavy atom. The van der Waals surface area contributed by atoms with E-state index >= 15 is 0 Å². The third-order valence-corrected chi connectivity index (χ3v) is 7.82. The summed E-state index contributed by atoms with van der Waals surface area (Å²) in [6.07, 6.45) is 12.2. The zero-order valence-corrected chi connectivity index (χ0v) is 25.1. The van der Waals surface area contributed by atoms with Gasteiger partial charge in [0.05, 0.1) is 17.9 Å². The summed E-state index contributed by atoms with van der Waals surface area (Å²) in [7, 11) is 0. The first-order valence-electron chi connectivity index (χ1n) is 15.5. The van der Waals surface area contributed by atoms with Crippen LogP contribution in [-0.4, -0.2) is 52.1 Å². The number of benzene rings is 2. The Bertz CT molecular complexity index is 1360. The molecule has 0 bridgehead atoms. The number of unbranched alkanes of at least 4 members (excludes halogenated alkanes) is 1. The van der Waals surface area contributed by atoms with Crippen molar-refractivity contribution in [1.29, 1.82) is 0 Å². The summed E-state index contributed by atoms with van der Waals surface area (Å²) in [5.74, 6) is -0.639. The summed E-state index contributed by atoms with van der Waals surface area (Å²) < 4.78 is 5.86. The van der Waals surface area contributed by atoms with Gasteiger partial charge in [-0.15, -0.1) is 0 Å². The number of carbonyl (C=O) groups is 4. The van der Waals surface area contributed by atoms with Gasteiger partial charge >= 0.3 is 5.97 Å². The highest BCUT2D eigenvalue weighted by Gasteiger charge is 2.35. The van der Waals surface area contributed by atoms with Gasteiger partial charge in [0.15, 0.2) is 0 Å². The molecule has 10 nitrogen and oxygen atoms in total. The van der Waals surface area contributed by atoms with Crippen LogP contribution in [0.2, 0.25) is 0 Å². The van der Waals surface area contributed by atoms with Crippen molar-refractivity contribution in [2.75, 3.05) is 5.32 Å². The fourth-order valence-electron chi connectivity index (χ4n) is 5.54. The number of nitrogens with zero attached hydrogens (tertiary/aromatic N) is 2. The molecule has 0 saturated heterocycles. The first-order chi connectivity index (χ1) is 21.4. The molecule has 1 aliphatic carbocycles. The van der Waals surface area contributed by atoms with E-state index in [0.29, 0.717) is 50.8 Å². The number of allylic oxidation sites excluding steroid dienone is 2. The van der Waals surface area contributed by atoms with Crippen molar-refractivity contribution in [3.8, 4) is 5.75 Å². The fourth-order valence-corrected chi connectivity index (χ4v) is 5.54. The Morgan fingerprint density at radius 2 is 1.70 bits per heavy atom. The predicted octanol–water partition coefficient (Wildman–Crippen LogP) is 5.35. The third kappa shape index (κ3) is 10.4. The van der Waals surface area contributed by atoms with E-state index in [0.717, 1.165) is 36.8 Å². The lowest BCUT2D eigenvalue weighted by atomic mass is 9.90. The molecule has 0 aromatic heterocycles. The van der Waals surface area contributed by atoms with Crippen LogP contribution in [0.4, 0.5) is 5.69 Å². The summed E-state index contributed by atoms with van der Waals surface area (Å²) in [6.45, 7) is 0.396. The molecule has 2 aliphatic rings. The number of phenolic OH excluding ortho intramolecular Hbond substituents is 1. The maximum atomic E-state index is 13.4. The second-order valence-corrected chi connectivity index (χ2v) is 11.3. The van der Waals surface area contributed by atoms with Gasteiger partial charge in [0.25, 0.3) is 0 Å². The van der Waals surface area contributed by atoms with E-state index in [4.69, 9.17) is 4.74 Å². The second-order valence-electron chi connectivity index (χ2n) is 11.3. The Kier molecular flexibility index (Phi) is 12.5. The number of carbonyl (C=O) groups excluding carboxylic acids is 4. The van der Waals surface area contributed by atoms with E-state index in [1.165, 1.54) is 6.07 Å². The lowest BCUT2D eigenvalue weighted by Crippen LogP contribution is -2.49. The minimum absolute atomic E-state index is 0.00812. The Morgan fingerprint density at radius 1 is 0.955 bits per heavy atom. The molecule has 1 saturated carbocycles. The van der Waals surface area contributed by atoms with Gasteiger partial charge in [-0.1, -0.05) is 48.9 Å². The SMILES string of the molecule is O=C(CCCCC(=O)Nc1ccccc1O)N/N=C/c1cccc(CN2C(=O)CC/C=C/CCC(=O)O[C@@H]3CCCC[C@H]32)c1. The summed E-state index contributed by atoms with van der Waals surface area (Å²) in [6, 6.07) is 14.0. The third-order valence-electron chi connectivity index (χ3n) is 7.82. The molecule has 10 heteroatoms. The van der Waals surface area contributed by atoms with E-state index in [2.05, 4.69) is 15.8 Å². The molecule has 3 N–H and O–H groups in total. The molecular weight excluding hydrogens is 560 g/mol. The number of hydrogen-bond donors (Lipinski definition) is 3. The molecule has 234 valence electrons. The largest absolute Gasteiger partial charge is 0.506 e. The van der Waals surface area contributed by atoms with Crippen molar-refractivity contribution in [3.63, 3.8) is 0 Å². The normalized spacial score (nSPS) is 20.1. The predicted molar refractivity (Wildman–Crippen MR) is 168 cm³/mol. The smallest absolute Gasteiger partial charge is 0.306 e. The van der Waals surface area contributed by atoms with Crippen LogP contribution in [0.25, 0.3) is 0 Å². The van der Waals surface area contributed by atoms with Crippen LogP contribution in [0.15, 0.2) is 65.8 Å². The molecule has 2 aromatic rings. The lowest BCUT2D eigenvalue weighted by molar-refractivity contribution is -0.159. The molecular formula is C34H42N4O6. The molecule has 44 heavy (non-hydrogen) atoms. The highest BCUT2D eigenvalue weighted by Crippen LogP contribution is 2.29. The summed E-state index contributed by atoms with van der Waals surface area (Å²) >= 11 is 0. The Hall–Kier alpha value is -4.47. The maximum Gasteiger partial charge on any atom is 0.306 e. The number of amides is 3. The number of hydrogen-bond acceptors (Lipinski definition) is 7. The van der Waals surface area contributed by atoms with Crippen molar-refractivity contribution >= 4 is 35.6 Å². The topological polar surface area (TPSA) is 137 Å². The summed E-state index contributed by atoms with van der Waals surface area (Å²) in [5.41, 5.74) is 4.60. The van der Waals surface area contributed by atoms with E-state index in [9.17, 15) is 24.3 Å². The van der Waals surface area contributed by atoms with Crippen molar-refractivity contribution in [3.05, 3.63) is 71.8 Å². The van der Waals surface area contributed by atoms with Gasteiger partial charge in [-0.2, -0.15) is 5.10 Å². The Balaban J connectivity index is 1.28. The number of rotatable bonds is 10. The van der Waals surface area contributed by atoms with Crippen molar-refractivity contribution in [1.82, 2.24) is 10.3 Å². The van der Waals surface area contributed by atoms with Gasteiger partial charge in [-0.05, 0) is 74.3 Å². The fraction of sp³-hybridized carbons (Fsp3) is 0.441. The number of nitrogens with one attached hydrogen (secondary N) is 2. The van der Waals surface area contributed by atoms with Crippen LogP contribution in [0.1, 0.15) is 88.2 Å². The quantitative estimate of drug-likeness (QED) is 0.0837. The number of hydrazone groups is 1. The highest BCUT2D eigenvalue weighted by molar-refractivity contribution is 5.92. The first-order valence-corrected chi connectivity index (χ1v) is 15.5. The lowest BCUT2D eigenvalue weighted by Gasteiger charge is -2.39. The minimum Gasteiger partial charge on any atom is -0.506 e. The highest BCUT2D eigenvalue weighted by atomic mass is 16.5. The van der Waals surface area contributed by atoms with Crippen LogP contribution in [0.3, 0.4) is 0 Å². The molecule has 0 unspecified atom stereocenters. The molecule has 1 fully saturated rings. The average Bonchev–Trinajstić information content (AvgIpc) is 3.01. The van der Waals surface area contributed by atoms with Crippen LogP contribution < -0.4 is 10.7 Å². The van der Waals surface area contributed by atoms with Crippen molar-refractivity contribution < 1.29 is 29.0 Å². The number of esters is 1. The minimum atomic E-state index is -0.296. The van der Waals surface area contributed by atoms with Crippen LogP contribution >= 0.6 is 0 Å². The van der Waals surface area contributed by atoms with E-state index in [-0.39, 0.29) is 54.4 Å². The molecule has 0 spiro atoms. The molecule has 4 rings (SSSR count). The number of anilines is 1. The molecule has 1 heterocycles. The van der Waals surface area contributed by atoms with Gasteiger partial charge in [0.2, 0.25) is 17.7 Å². The monoisotopic (exact) mass is 602 g/mol. The second kappa shape index (κ2) is 17.0.